The van der Waals surface area contributed by atoms with Gasteiger partial charge in [-0.25, -0.2) is 9.59 Å². The fourth-order valence-electron chi connectivity index (χ4n) is 1.36. The molecule has 1 heterocycles. The van der Waals surface area contributed by atoms with Gasteiger partial charge >= 0.3 is 12.0 Å². The van der Waals surface area contributed by atoms with Crippen LogP contribution < -0.4 is 10.6 Å². The Morgan fingerprint density at radius 2 is 2.24 bits per heavy atom. The molecule has 1 fully saturated rings. The summed E-state index contributed by atoms with van der Waals surface area (Å²) in [5.41, 5.74) is 0. The molecule has 0 radical (unpaired) electrons. The summed E-state index contributed by atoms with van der Waals surface area (Å²) < 4.78 is 0. The van der Waals surface area contributed by atoms with E-state index in [1.54, 1.807) is 0 Å². The Morgan fingerprint density at radius 1 is 1.53 bits per heavy atom. The van der Waals surface area contributed by atoms with E-state index in [1.807, 2.05) is 0 Å². The molecule has 4 N–H and O–H groups in total. The highest BCUT2D eigenvalue weighted by atomic mass is 16.4. The van der Waals surface area contributed by atoms with E-state index in [0.717, 1.165) is 0 Å². The first-order valence-electron chi connectivity index (χ1n) is 5.21. The number of hydrogen-bond acceptors (Lipinski definition) is 4. The van der Waals surface area contributed by atoms with E-state index in [0.29, 0.717) is 19.5 Å². The van der Waals surface area contributed by atoms with Crippen LogP contribution in [0.25, 0.3) is 0 Å². The molecule has 8 heteroatoms. The van der Waals surface area contributed by atoms with Crippen molar-refractivity contribution in [1.82, 2.24) is 15.5 Å². The number of hydrogen-bond donors (Lipinski definition) is 4. The Hall–Kier alpha value is -1.83. The van der Waals surface area contributed by atoms with Crippen LogP contribution in [0.15, 0.2) is 0 Å². The molecule has 8 nitrogen and oxygen atoms in total. The second-order valence-corrected chi connectivity index (χ2v) is 3.67. The molecule has 0 spiro atoms. The van der Waals surface area contributed by atoms with Gasteiger partial charge in [0.05, 0.1) is 6.54 Å². The van der Waals surface area contributed by atoms with E-state index in [9.17, 15) is 14.4 Å². The van der Waals surface area contributed by atoms with Crippen LogP contribution in [0.2, 0.25) is 0 Å². The van der Waals surface area contributed by atoms with Gasteiger partial charge in [0.2, 0.25) is 5.91 Å². The highest BCUT2D eigenvalue weighted by Crippen LogP contribution is 1.96. The number of carbonyl (C=O) groups is 3. The number of nitrogens with one attached hydrogen (secondary N) is 2. The first-order valence-corrected chi connectivity index (χ1v) is 5.21. The third-order valence-electron chi connectivity index (χ3n) is 2.28. The van der Waals surface area contributed by atoms with Crippen molar-refractivity contribution in [3.8, 4) is 0 Å². The van der Waals surface area contributed by atoms with Crippen molar-refractivity contribution < 1.29 is 24.6 Å². The summed E-state index contributed by atoms with van der Waals surface area (Å²) in [6.45, 7) is 0.482. The van der Waals surface area contributed by atoms with Gasteiger partial charge in [-0.1, -0.05) is 0 Å². The van der Waals surface area contributed by atoms with E-state index < -0.39 is 18.1 Å². The average molecular weight is 245 g/mol. The number of aliphatic carboxylic acids is 1. The first kappa shape index (κ1) is 13.2. The fraction of sp³-hybridized carbons (Fsp3) is 0.667. The summed E-state index contributed by atoms with van der Waals surface area (Å²) >= 11 is 0. The van der Waals surface area contributed by atoms with Gasteiger partial charge in [0.15, 0.2) is 6.10 Å². The van der Waals surface area contributed by atoms with Crippen molar-refractivity contribution in [2.75, 3.05) is 26.2 Å². The van der Waals surface area contributed by atoms with E-state index >= 15 is 0 Å². The number of rotatable bonds is 3. The van der Waals surface area contributed by atoms with Crippen LogP contribution in [0.3, 0.4) is 0 Å². The normalized spacial score (nSPS) is 17.9. The summed E-state index contributed by atoms with van der Waals surface area (Å²) in [7, 11) is 0. The lowest BCUT2D eigenvalue weighted by Gasteiger charge is -2.20. The third-order valence-corrected chi connectivity index (χ3v) is 2.28. The summed E-state index contributed by atoms with van der Waals surface area (Å²) in [6, 6.07) is -0.553. The van der Waals surface area contributed by atoms with Crippen molar-refractivity contribution in [1.29, 1.82) is 0 Å². The molecule has 1 atom stereocenters. The lowest BCUT2D eigenvalue weighted by molar-refractivity contribution is -0.146. The number of urea groups is 1. The number of carbonyl (C=O) groups excluding carboxylic acids is 2. The number of nitrogens with zero attached hydrogens (tertiary/aromatic N) is 1. The number of carboxylic acid groups (broad SMARTS) is 1. The summed E-state index contributed by atoms with van der Waals surface area (Å²) in [6.07, 6.45) is -1.000. The molecule has 1 saturated heterocycles. The van der Waals surface area contributed by atoms with Crippen LogP contribution in [0.1, 0.15) is 6.42 Å². The Labute approximate surface area is 97.6 Å². The molecule has 1 aliphatic heterocycles. The van der Waals surface area contributed by atoms with Gasteiger partial charge in [0.1, 0.15) is 6.54 Å². The van der Waals surface area contributed by atoms with Gasteiger partial charge < -0.3 is 25.7 Å². The van der Waals surface area contributed by atoms with Gasteiger partial charge in [-0.15, -0.1) is 0 Å². The largest absolute Gasteiger partial charge is 0.479 e. The summed E-state index contributed by atoms with van der Waals surface area (Å²) in [5.74, 6) is -1.66. The minimum atomic E-state index is -1.64. The highest BCUT2D eigenvalue weighted by molar-refractivity contribution is 5.84. The van der Waals surface area contributed by atoms with Crippen LogP contribution in [0.4, 0.5) is 4.79 Å². The monoisotopic (exact) mass is 245 g/mol. The van der Waals surface area contributed by atoms with Crippen molar-refractivity contribution in [3.05, 3.63) is 0 Å². The number of aliphatic hydroxyl groups is 1. The van der Waals surface area contributed by atoms with Crippen LogP contribution in [-0.2, 0) is 9.59 Å². The maximum Gasteiger partial charge on any atom is 0.334 e. The van der Waals surface area contributed by atoms with E-state index in [-0.39, 0.29) is 19.0 Å². The maximum absolute atomic E-state index is 11.6. The molecule has 1 rings (SSSR count). The van der Waals surface area contributed by atoms with Gasteiger partial charge in [0.25, 0.3) is 0 Å². The van der Waals surface area contributed by atoms with E-state index in [2.05, 4.69) is 10.6 Å². The summed E-state index contributed by atoms with van der Waals surface area (Å²) in [4.78, 5) is 34.3. The predicted octanol–water partition coefficient (Wildman–Crippen LogP) is -2.04. The highest BCUT2D eigenvalue weighted by Gasteiger charge is 2.21. The molecule has 0 unspecified atom stereocenters. The molecule has 0 aromatic carbocycles. The van der Waals surface area contributed by atoms with E-state index in [4.69, 9.17) is 10.2 Å². The second kappa shape index (κ2) is 6.04. The van der Waals surface area contributed by atoms with Crippen molar-refractivity contribution in [2.45, 2.75) is 12.5 Å². The summed E-state index contributed by atoms with van der Waals surface area (Å²) in [5, 5.41) is 22.2. The molecule has 1 aliphatic rings. The molecule has 0 aliphatic carbocycles. The Morgan fingerprint density at radius 3 is 2.88 bits per heavy atom. The molecular weight excluding hydrogens is 230 g/mol. The lowest BCUT2D eigenvalue weighted by atomic mass is 10.3. The number of aliphatic hydroxyl groups excluding tert-OH is 1. The van der Waals surface area contributed by atoms with Crippen molar-refractivity contribution in [2.24, 2.45) is 0 Å². The molecule has 0 aromatic rings. The first-order chi connectivity index (χ1) is 8.00. The SMILES string of the molecule is O=C1CN(C(=O)NC[C@H](O)C(=O)O)CCCN1. The van der Waals surface area contributed by atoms with Crippen LogP contribution >= 0.6 is 0 Å². The smallest absolute Gasteiger partial charge is 0.334 e. The number of amides is 3. The molecule has 0 aromatic heterocycles. The minimum Gasteiger partial charge on any atom is -0.479 e. The zero-order valence-electron chi connectivity index (χ0n) is 9.18. The minimum absolute atomic E-state index is 0.0605. The van der Waals surface area contributed by atoms with Crippen molar-refractivity contribution in [3.63, 3.8) is 0 Å². The molecule has 3 amide bonds. The number of carboxylic acids is 1. The Kier molecular flexibility index (Phi) is 4.70. The average Bonchev–Trinajstić information content (AvgIpc) is 2.50. The quantitative estimate of drug-likeness (QED) is 0.457. The van der Waals surface area contributed by atoms with E-state index in [1.165, 1.54) is 4.90 Å². The maximum atomic E-state index is 11.6. The van der Waals surface area contributed by atoms with Crippen LogP contribution in [-0.4, -0.2) is 65.3 Å². The second-order valence-electron chi connectivity index (χ2n) is 3.67. The Balaban J connectivity index is 2.40. The fourth-order valence-corrected chi connectivity index (χ4v) is 1.36. The molecule has 0 bridgehead atoms. The third kappa shape index (κ3) is 4.27. The van der Waals surface area contributed by atoms with Gasteiger partial charge in [-0.2, -0.15) is 0 Å². The van der Waals surface area contributed by atoms with Crippen molar-refractivity contribution >= 4 is 17.9 Å². The zero-order chi connectivity index (χ0) is 12.8. The zero-order valence-corrected chi connectivity index (χ0v) is 9.18. The molecular formula is C9H15N3O5. The van der Waals surface area contributed by atoms with Gasteiger partial charge in [-0.3, -0.25) is 4.79 Å². The topological polar surface area (TPSA) is 119 Å². The standard InChI is InChI=1S/C9H15N3O5/c13-6(8(15)16)4-11-9(17)12-3-1-2-10-7(14)5-12/h6,13H,1-5H2,(H,10,14)(H,11,17)(H,15,16)/t6-/m0/s1. The Bertz CT molecular complexity index is 320. The predicted molar refractivity (Wildman–Crippen MR) is 56.2 cm³/mol. The molecule has 17 heavy (non-hydrogen) atoms. The van der Waals surface area contributed by atoms with Gasteiger partial charge in [0, 0.05) is 13.1 Å². The molecule has 96 valence electrons. The lowest BCUT2D eigenvalue weighted by Crippen LogP contribution is -2.46. The molecule has 0 saturated carbocycles. The van der Waals surface area contributed by atoms with Gasteiger partial charge in [-0.05, 0) is 6.42 Å². The van der Waals surface area contributed by atoms with Crippen LogP contribution in [0, 0.1) is 0 Å². The van der Waals surface area contributed by atoms with Crippen LogP contribution in [0.5, 0.6) is 0 Å².